The van der Waals surface area contributed by atoms with Gasteiger partial charge in [0.15, 0.2) is 0 Å². The molecule has 0 aromatic carbocycles. The van der Waals surface area contributed by atoms with Crippen molar-refractivity contribution in [1.29, 1.82) is 0 Å². The van der Waals surface area contributed by atoms with Gasteiger partial charge in [-0.25, -0.2) is 0 Å². The van der Waals surface area contributed by atoms with Gasteiger partial charge < -0.3 is 10.2 Å². The number of hydrogen-bond acceptors (Lipinski definition) is 4. The highest BCUT2D eigenvalue weighted by Gasteiger charge is 2.20. The SMILES string of the molecule is CC(C)(O)CCn1cc(C(C)(C)O)nn1. The molecule has 0 amide bonds. The normalized spacial score (nSPS) is 13.2. The Morgan fingerprint density at radius 2 is 1.87 bits per heavy atom. The van der Waals surface area contributed by atoms with Crippen LogP contribution in [0.25, 0.3) is 0 Å². The van der Waals surface area contributed by atoms with Crippen molar-refractivity contribution in [3.8, 4) is 0 Å². The molecule has 0 bridgehead atoms. The van der Waals surface area contributed by atoms with Crippen LogP contribution in [-0.4, -0.2) is 30.8 Å². The molecule has 15 heavy (non-hydrogen) atoms. The van der Waals surface area contributed by atoms with Crippen LogP contribution in [0.2, 0.25) is 0 Å². The second-order valence-electron chi connectivity index (χ2n) is 4.99. The van der Waals surface area contributed by atoms with Crippen molar-refractivity contribution >= 4 is 0 Å². The molecule has 2 N–H and O–H groups in total. The van der Waals surface area contributed by atoms with Crippen molar-refractivity contribution in [3.05, 3.63) is 11.9 Å². The van der Waals surface area contributed by atoms with E-state index in [9.17, 15) is 10.2 Å². The Labute approximate surface area is 89.7 Å². The first-order valence-corrected chi connectivity index (χ1v) is 5.04. The van der Waals surface area contributed by atoms with Gasteiger partial charge in [0, 0.05) is 6.54 Å². The maximum absolute atomic E-state index is 9.67. The largest absolute Gasteiger partial charge is 0.390 e. The van der Waals surface area contributed by atoms with Crippen LogP contribution in [0.5, 0.6) is 0 Å². The lowest BCUT2D eigenvalue weighted by Crippen LogP contribution is -2.21. The molecule has 0 aliphatic rings. The number of hydrogen-bond donors (Lipinski definition) is 2. The maximum atomic E-state index is 9.67. The molecule has 0 spiro atoms. The smallest absolute Gasteiger partial charge is 0.114 e. The van der Waals surface area contributed by atoms with Crippen molar-refractivity contribution in [3.63, 3.8) is 0 Å². The summed E-state index contributed by atoms with van der Waals surface area (Å²) in [5.74, 6) is 0. The Kier molecular flexibility index (Phi) is 3.16. The summed E-state index contributed by atoms with van der Waals surface area (Å²) in [7, 11) is 0. The number of rotatable bonds is 4. The fraction of sp³-hybridized carbons (Fsp3) is 0.800. The molecule has 0 aliphatic heterocycles. The fourth-order valence-corrected chi connectivity index (χ4v) is 1.08. The van der Waals surface area contributed by atoms with Gasteiger partial charge in [0.05, 0.1) is 11.8 Å². The number of aromatic nitrogens is 3. The van der Waals surface area contributed by atoms with Gasteiger partial charge in [-0.15, -0.1) is 5.10 Å². The molecule has 1 heterocycles. The molecular formula is C10H19N3O2. The first-order chi connectivity index (χ1) is 6.68. The van der Waals surface area contributed by atoms with Crippen molar-refractivity contribution in [2.75, 3.05) is 0 Å². The fourth-order valence-electron chi connectivity index (χ4n) is 1.08. The van der Waals surface area contributed by atoms with Gasteiger partial charge in [-0.3, -0.25) is 4.68 Å². The van der Waals surface area contributed by atoms with Crippen LogP contribution in [0, 0.1) is 0 Å². The van der Waals surface area contributed by atoms with E-state index < -0.39 is 11.2 Å². The molecule has 1 rings (SSSR count). The molecule has 5 nitrogen and oxygen atoms in total. The van der Waals surface area contributed by atoms with E-state index in [-0.39, 0.29) is 0 Å². The second kappa shape index (κ2) is 3.90. The van der Waals surface area contributed by atoms with Gasteiger partial charge in [-0.1, -0.05) is 5.21 Å². The van der Waals surface area contributed by atoms with Crippen LogP contribution < -0.4 is 0 Å². The van der Waals surface area contributed by atoms with Crippen molar-refractivity contribution < 1.29 is 10.2 Å². The third kappa shape index (κ3) is 3.97. The standard InChI is InChI=1S/C10H19N3O2/c1-9(2,14)5-6-13-7-8(11-12-13)10(3,4)15/h7,14-15H,5-6H2,1-4H3. The third-order valence-corrected chi connectivity index (χ3v) is 2.12. The molecule has 0 aliphatic carbocycles. The van der Waals surface area contributed by atoms with Crippen LogP contribution in [0.1, 0.15) is 39.8 Å². The maximum Gasteiger partial charge on any atom is 0.114 e. The quantitative estimate of drug-likeness (QED) is 0.771. The average molecular weight is 213 g/mol. The average Bonchev–Trinajstić information content (AvgIpc) is 2.45. The minimum absolute atomic E-state index is 0.540. The van der Waals surface area contributed by atoms with Crippen LogP contribution in [0.3, 0.4) is 0 Å². The summed E-state index contributed by atoms with van der Waals surface area (Å²) in [6, 6.07) is 0. The molecule has 0 unspecified atom stereocenters. The van der Waals surface area contributed by atoms with Crippen molar-refractivity contribution in [1.82, 2.24) is 15.0 Å². The molecule has 0 atom stereocenters. The zero-order valence-electron chi connectivity index (χ0n) is 9.73. The van der Waals surface area contributed by atoms with Crippen LogP contribution >= 0.6 is 0 Å². The van der Waals surface area contributed by atoms with Crippen LogP contribution in [0.4, 0.5) is 0 Å². The van der Waals surface area contributed by atoms with E-state index in [2.05, 4.69) is 10.3 Å². The monoisotopic (exact) mass is 213 g/mol. The van der Waals surface area contributed by atoms with E-state index >= 15 is 0 Å². The predicted molar refractivity (Wildman–Crippen MR) is 56.2 cm³/mol. The lowest BCUT2D eigenvalue weighted by Gasteiger charge is -2.16. The number of aryl methyl sites for hydroxylation is 1. The van der Waals surface area contributed by atoms with Crippen LogP contribution in [0.15, 0.2) is 6.20 Å². The Morgan fingerprint density at radius 3 is 2.27 bits per heavy atom. The van der Waals surface area contributed by atoms with E-state index in [1.807, 2.05) is 0 Å². The second-order valence-corrected chi connectivity index (χ2v) is 4.99. The Morgan fingerprint density at radius 1 is 1.27 bits per heavy atom. The van der Waals surface area contributed by atoms with E-state index in [0.717, 1.165) is 0 Å². The summed E-state index contributed by atoms with van der Waals surface area (Å²) in [6.45, 7) is 7.42. The minimum Gasteiger partial charge on any atom is -0.390 e. The third-order valence-electron chi connectivity index (χ3n) is 2.12. The molecule has 0 saturated heterocycles. The van der Waals surface area contributed by atoms with E-state index in [1.54, 1.807) is 38.6 Å². The van der Waals surface area contributed by atoms with Gasteiger partial charge in [0.1, 0.15) is 11.3 Å². The summed E-state index contributed by atoms with van der Waals surface area (Å²) in [5, 5.41) is 27.0. The zero-order chi connectivity index (χ0) is 11.7. The summed E-state index contributed by atoms with van der Waals surface area (Å²) < 4.78 is 1.63. The first-order valence-electron chi connectivity index (χ1n) is 5.04. The van der Waals surface area contributed by atoms with Crippen molar-refractivity contribution in [2.45, 2.75) is 51.9 Å². The summed E-state index contributed by atoms with van der Waals surface area (Å²) in [6.07, 6.45) is 2.30. The Hall–Kier alpha value is -0.940. The molecule has 1 aromatic rings. The van der Waals surface area contributed by atoms with Gasteiger partial charge >= 0.3 is 0 Å². The molecule has 86 valence electrons. The molecule has 0 fully saturated rings. The highest BCUT2D eigenvalue weighted by atomic mass is 16.3. The summed E-state index contributed by atoms with van der Waals surface area (Å²) in [4.78, 5) is 0. The highest BCUT2D eigenvalue weighted by molar-refractivity contribution is 5.02. The lowest BCUT2D eigenvalue weighted by atomic mass is 10.1. The molecule has 0 radical (unpaired) electrons. The lowest BCUT2D eigenvalue weighted by molar-refractivity contribution is 0.0649. The predicted octanol–water partition coefficient (Wildman–Crippen LogP) is 0.666. The zero-order valence-corrected chi connectivity index (χ0v) is 9.73. The van der Waals surface area contributed by atoms with Crippen LogP contribution in [-0.2, 0) is 12.1 Å². The highest BCUT2D eigenvalue weighted by Crippen LogP contribution is 2.16. The Bertz CT molecular complexity index is 320. The topological polar surface area (TPSA) is 71.2 Å². The van der Waals surface area contributed by atoms with Gasteiger partial charge in [0.2, 0.25) is 0 Å². The molecular weight excluding hydrogens is 194 g/mol. The van der Waals surface area contributed by atoms with Gasteiger partial charge in [0.25, 0.3) is 0 Å². The number of aliphatic hydroxyl groups is 2. The summed E-state index contributed by atoms with van der Waals surface area (Å²) in [5.41, 5.74) is -1.13. The van der Waals surface area contributed by atoms with Crippen molar-refractivity contribution in [2.24, 2.45) is 0 Å². The number of nitrogens with zero attached hydrogens (tertiary/aromatic N) is 3. The van der Waals surface area contributed by atoms with E-state index in [1.165, 1.54) is 0 Å². The van der Waals surface area contributed by atoms with Gasteiger partial charge in [-0.2, -0.15) is 0 Å². The van der Waals surface area contributed by atoms with E-state index in [0.29, 0.717) is 18.7 Å². The van der Waals surface area contributed by atoms with E-state index in [4.69, 9.17) is 0 Å². The van der Waals surface area contributed by atoms with Gasteiger partial charge in [-0.05, 0) is 34.1 Å². The molecule has 5 heteroatoms. The molecule has 0 saturated carbocycles. The molecule has 1 aromatic heterocycles. The first kappa shape index (κ1) is 12.1. The summed E-state index contributed by atoms with van der Waals surface area (Å²) >= 11 is 0. The Balaban J connectivity index is 2.62. The minimum atomic E-state index is -0.965.